The van der Waals surface area contributed by atoms with Crippen molar-refractivity contribution in [1.82, 2.24) is 30.5 Å². The number of hydrogen-bond acceptors (Lipinski definition) is 7. The fraction of sp³-hybridized carbons (Fsp3) is 0.200. The highest BCUT2D eigenvalue weighted by Gasteiger charge is 2.18. The number of fused-ring (bicyclic) bond motifs is 1. The molecule has 4 aromatic rings. The van der Waals surface area contributed by atoms with Crippen LogP contribution in [-0.2, 0) is 11.3 Å². The van der Waals surface area contributed by atoms with Gasteiger partial charge in [0.1, 0.15) is 18.1 Å². The van der Waals surface area contributed by atoms with Crippen LogP contribution in [0.2, 0.25) is 0 Å². The van der Waals surface area contributed by atoms with Gasteiger partial charge in [0, 0.05) is 5.56 Å². The van der Waals surface area contributed by atoms with Crippen molar-refractivity contribution < 1.29 is 9.32 Å². The van der Waals surface area contributed by atoms with Crippen molar-refractivity contribution in [3.05, 3.63) is 70.3 Å². The molecule has 0 saturated carbocycles. The first-order chi connectivity index (χ1) is 14.0. The zero-order chi connectivity index (χ0) is 20.4. The summed E-state index contributed by atoms with van der Waals surface area (Å²) in [6.07, 6.45) is 0. The van der Waals surface area contributed by atoms with E-state index in [1.165, 1.54) is 0 Å². The summed E-state index contributed by atoms with van der Waals surface area (Å²) in [6, 6.07) is 14.0. The number of rotatable bonds is 5. The first-order valence-corrected chi connectivity index (χ1v) is 9.04. The van der Waals surface area contributed by atoms with Crippen LogP contribution in [0.1, 0.15) is 24.4 Å². The van der Waals surface area contributed by atoms with E-state index >= 15 is 0 Å². The lowest BCUT2D eigenvalue weighted by atomic mass is 10.1. The highest BCUT2D eigenvalue weighted by Crippen LogP contribution is 2.19. The minimum atomic E-state index is -0.529. The van der Waals surface area contributed by atoms with Gasteiger partial charge in [-0.2, -0.15) is 4.98 Å². The van der Waals surface area contributed by atoms with Crippen LogP contribution in [0.3, 0.4) is 0 Å². The zero-order valence-electron chi connectivity index (χ0n) is 15.9. The lowest BCUT2D eigenvalue weighted by molar-refractivity contribution is -0.122. The number of nitrogens with one attached hydrogen (secondary N) is 1. The second-order valence-corrected chi connectivity index (χ2v) is 6.68. The predicted octanol–water partition coefficient (Wildman–Crippen LogP) is 2.03. The lowest BCUT2D eigenvalue weighted by Crippen LogP contribution is -2.35. The maximum absolute atomic E-state index is 12.4. The van der Waals surface area contributed by atoms with E-state index < -0.39 is 11.9 Å². The van der Waals surface area contributed by atoms with Gasteiger partial charge in [0.15, 0.2) is 0 Å². The molecule has 0 saturated heterocycles. The molecule has 0 radical (unpaired) electrons. The Morgan fingerprint density at radius 3 is 2.72 bits per heavy atom. The van der Waals surface area contributed by atoms with Crippen LogP contribution in [0, 0.1) is 6.92 Å². The Bertz CT molecular complexity index is 1230. The molecule has 2 aromatic carbocycles. The average molecular weight is 390 g/mol. The van der Waals surface area contributed by atoms with E-state index in [0.717, 1.165) is 15.8 Å². The van der Waals surface area contributed by atoms with Crippen molar-refractivity contribution in [2.24, 2.45) is 0 Å². The maximum atomic E-state index is 12.4. The molecule has 1 amide bonds. The van der Waals surface area contributed by atoms with E-state index in [0.29, 0.717) is 16.7 Å². The summed E-state index contributed by atoms with van der Waals surface area (Å²) in [5, 5.41) is 14.9. The minimum absolute atomic E-state index is 0.264. The first kappa shape index (κ1) is 18.5. The van der Waals surface area contributed by atoms with Gasteiger partial charge in [-0.1, -0.05) is 52.3 Å². The monoisotopic (exact) mass is 390 g/mol. The molecule has 9 heteroatoms. The van der Waals surface area contributed by atoms with E-state index in [1.807, 2.05) is 31.2 Å². The standard InChI is InChI=1S/C20H18N6O3/c1-12-7-9-14(10-8-12)18-22-19(29-24-18)13(2)21-17(27)11-26-20(28)15-5-3-4-6-16(15)23-25-26/h3-10,13H,11H2,1-2H3,(H,21,27)/t13-/m0/s1. The van der Waals surface area contributed by atoms with Crippen LogP contribution in [0.4, 0.5) is 0 Å². The predicted molar refractivity (Wildman–Crippen MR) is 105 cm³/mol. The Morgan fingerprint density at radius 1 is 1.17 bits per heavy atom. The van der Waals surface area contributed by atoms with E-state index in [2.05, 4.69) is 25.8 Å². The van der Waals surface area contributed by atoms with E-state index in [-0.39, 0.29) is 18.0 Å². The normalized spacial score (nSPS) is 12.1. The SMILES string of the molecule is Cc1ccc(-c2noc([C@H](C)NC(=O)Cn3nnc4ccccc4c3=O)n2)cc1. The number of aryl methyl sites for hydroxylation is 1. The number of amides is 1. The molecule has 0 unspecified atom stereocenters. The summed E-state index contributed by atoms with van der Waals surface area (Å²) in [5.41, 5.74) is 2.06. The molecule has 146 valence electrons. The van der Waals surface area contributed by atoms with Gasteiger partial charge >= 0.3 is 0 Å². The van der Waals surface area contributed by atoms with Crippen molar-refractivity contribution >= 4 is 16.8 Å². The molecule has 0 spiro atoms. The second kappa shape index (κ2) is 7.63. The molecule has 0 fully saturated rings. The Hall–Kier alpha value is -3.88. The molecule has 1 atom stereocenters. The number of carbonyl (C=O) groups is 1. The smallest absolute Gasteiger partial charge is 0.278 e. The highest BCUT2D eigenvalue weighted by molar-refractivity contribution is 5.78. The van der Waals surface area contributed by atoms with Crippen LogP contribution in [0.25, 0.3) is 22.3 Å². The van der Waals surface area contributed by atoms with Gasteiger partial charge in [0.05, 0.1) is 5.39 Å². The van der Waals surface area contributed by atoms with Crippen LogP contribution in [0.15, 0.2) is 57.8 Å². The Kier molecular flexibility index (Phi) is 4.86. The molecule has 1 N–H and O–H groups in total. The maximum Gasteiger partial charge on any atom is 0.278 e. The summed E-state index contributed by atoms with van der Waals surface area (Å²) < 4.78 is 6.29. The van der Waals surface area contributed by atoms with Crippen molar-refractivity contribution in [3.8, 4) is 11.4 Å². The van der Waals surface area contributed by atoms with Crippen molar-refractivity contribution in [1.29, 1.82) is 0 Å². The largest absolute Gasteiger partial charge is 0.343 e. The lowest BCUT2D eigenvalue weighted by Gasteiger charge is -2.10. The van der Waals surface area contributed by atoms with Gasteiger partial charge in [0.25, 0.3) is 5.56 Å². The summed E-state index contributed by atoms with van der Waals surface area (Å²) in [6.45, 7) is 3.45. The highest BCUT2D eigenvalue weighted by atomic mass is 16.5. The fourth-order valence-electron chi connectivity index (χ4n) is 2.84. The third-order valence-electron chi connectivity index (χ3n) is 4.42. The molecular weight excluding hydrogens is 372 g/mol. The van der Waals surface area contributed by atoms with Gasteiger partial charge in [-0.25, -0.2) is 4.68 Å². The Morgan fingerprint density at radius 2 is 1.93 bits per heavy atom. The molecule has 2 aromatic heterocycles. The number of hydrogen-bond donors (Lipinski definition) is 1. The number of aromatic nitrogens is 5. The third kappa shape index (κ3) is 3.88. The molecule has 4 rings (SSSR count). The van der Waals surface area contributed by atoms with Gasteiger partial charge in [-0.15, -0.1) is 5.10 Å². The summed E-state index contributed by atoms with van der Waals surface area (Å²) >= 11 is 0. The molecule has 29 heavy (non-hydrogen) atoms. The van der Waals surface area contributed by atoms with E-state index in [1.54, 1.807) is 31.2 Å². The molecule has 9 nitrogen and oxygen atoms in total. The molecular formula is C20H18N6O3. The van der Waals surface area contributed by atoms with E-state index in [4.69, 9.17) is 4.52 Å². The third-order valence-corrected chi connectivity index (χ3v) is 4.42. The molecule has 0 aliphatic carbocycles. The van der Waals surface area contributed by atoms with Crippen molar-refractivity contribution in [2.45, 2.75) is 26.4 Å². The number of benzene rings is 2. The van der Waals surface area contributed by atoms with Gasteiger partial charge in [0.2, 0.25) is 17.6 Å². The Labute approximate surface area is 165 Å². The average Bonchev–Trinajstić information content (AvgIpc) is 3.21. The van der Waals surface area contributed by atoms with Gasteiger partial charge in [-0.3, -0.25) is 9.59 Å². The summed E-state index contributed by atoms with van der Waals surface area (Å²) in [4.78, 5) is 29.2. The molecule has 0 bridgehead atoms. The fourth-order valence-corrected chi connectivity index (χ4v) is 2.84. The number of nitrogens with zero attached hydrogens (tertiary/aromatic N) is 5. The molecule has 0 aliphatic heterocycles. The first-order valence-electron chi connectivity index (χ1n) is 9.04. The molecule has 0 aliphatic rings. The van der Waals surface area contributed by atoms with Crippen molar-refractivity contribution in [2.75, 3.05) is 0 Å². The summed E-state index contributed by atoms with van der Waals surface area (Å²) in [7, 11) is 0. The van der Waals surface area contributed by atoms with Crippen LogP contribution < -0.4 is 10.9 Å². The minimum Gasteiger partial charge on any atom is -0.343 e. The quantitative estimate of drug-likeness (QED) is 0.554. The topological polar surface area (TPSA) is 116 Å². The van der Waals surface area contributed by atoms with Crippen molar-refractivity contribution in [3.63, 3.8) is 0 Å². The molecule has 2 heterocycles. The Balaban J connectivity index is 1.46. The van der Waals surface area contributed by atoms with Crippen LogP contribution in [-0.4, -0.2) is 31.0 Å². The van der Waals surface area contributed by atoms with Crippen LogP contribution in [0.5, 0.6) is 0 Å². The zero-order valence-corrected chi connectivity index (χ0v) is 15.9. The van der Waals surface area contributed by atoms with E-state index in [9.17, 15) is 9.59 Å². The summed E-state index contributed by atoms with van der Waals surface area (Å²) in [5.74, 6) is 0.294. The van der Waals surface area contributed by atoms with Gasteiger partial charge in [-0.05, 0) is 26.0 Å². The second-order valence-electron chi connectivity index (χ2n) is 6.68. The number of carbonyl (C=O) groups excluding carboxylic acids is 1. The van der Waals surface area contributed by atoms with Gasteiger partial charge < -0.3 is 9.84 Å². The van der Waals surface area contributed by atoms with Crippen LogP contribution >= 0.6 is 0 Å².